The van der Waals surface area contributed by atoms with Gasteiger partial charge in [0.1, 0.15) is 0 Å². The van der Waals surface area contributed by atoms with Gasteiger partial charge in [-0.25, -0.2) is 14.3 Å². The van der Waals surface area contributed by atoms with E-state index in [1.807, 2.05) is 45.9 Å². The van der Waals surface area contributed by atoms with Crippen LogP contribution in [0.1, 0.15) is 26.3 Å². The molecule has 0 N–H and O–H groups in total. The number of Topliss-reactive ketones (excluding diaryl/α,β-unsaturated/α-hetero) is 1. The molecule has 7 nitrogen and oxygen atoms in total. The van der Waals surface area contributed by atoms with Gasteiger partial charge in [-0.1, -0.05) is 45.0 Å². The van der Waals surface area contributed by atoms with Gasteiger partial charge in [-0.2, -0.15) is 0 Å². The molecular weight excluding hydrogens is 356 g/mol. The van der Waals surface area contributed by atoms with E-state index < -0.39 is 16.7 Å². The zero-order valence-corrected chi connectivity index (χ0v) is 16.6. The zero-order chi connectivity index (χ0) is 20.6. The number of para-hydroxylation sites is 1. The van der Waals surface area contributed by atoms with Gasteiger partial charge >= 0.3 is 5.69 Å². The molecule has 0 amide bonds. The van der Waals surface area contributed by atoms with Crippen molar-refractivity contribution in [3.63, 3.8) is 0 Å². The number of aryl methyl sites for hydroxylation is 1. The van der Waals surface area contributed by atoms with Crippen LogP contribution in [0.25, 0.3) is 16.9 Å². The molecule has 0 saturated heterocycles. The molecule has 0 aliphatic heterocycles. The molecule has 0 fully saturated rings. The average Bonchev–Trinajstić information content (AvgIpc) is 3.03. The third-order valence-corrected chi connectivity index (χ3v) is 4.72. The van der Waals surface area contributed by atoms with Crippen molar-refractivity contribution in [2.45, 2.75) is 40.8 Å². The fraction of sp³-hybridized carbons (Fsp3) is 0.333. The van der Waals surface area contributed by atoms with Gasteiger partial charge < -0.3 is 4.57 Å². The van der Waals surface area contributed by atoms with Crippen molar-refractivity contribution in [2.75, 3.05) is 0 Å². The number of nitrogens with zero attached hydrogens (tertiary/aromatic N) is 4. The SMILES string of the molecule is C=CCn1c(=O)c2c(ncn2CC(=O)C(C)(C)C)n(-c2ccccc2C)c1=O. The second kappa shape index (κ2) is 7.07. The van der Waals surface area contributed by atoms with Gasteiger partial charge in [0, 0.05) is 12.0 Å². The number of hydrogen-bond acceptors (Lipinski definition) is 4. The van der Waals surface area contributed by atoms with Crippen LogP contribution in [-0.2, 0) is 17.9 Å². The van der Waals surface area contributed by atoms with Crippen molar-refractivity contribution in [2.24, 2.45) is 5.41 Å². The number of benzene rings is 1. The molecule has 146 valence electrons. The highest BCUT2D eigenvalue weighted by atomic mass is 16.2. The maximum atomic E-state index is 13.1. The molecule has 2 aromatic heterocycles. The first-order valence-electron chi connectivity index (χ1n) is 9.07. The van der Waals surface area contributed by atoms with Crippen molar-refractivity contribution in [1.82, 2.24) is 18.7 Å². The highest BCUT2D eigenvalue weighted by molar-refractivity contribution is 5.85. The van der Waals surface area contributed by atoms with Crippen molar-refractivity contribution in [1.29, 1.82) is 0 Å². The first kappa shape index (κ1) is 19.5. The van der Waals surface area contributed by atoms with E-state index in [-0.39, 0.29) is 30.0 Å². The molecule has 1 aromatic carbocycles. The molecule has 0 aliphatic rings. The molecule has 0 unspecified atom stereocenters. The van der Waals surface area contributed by atoms with E-state index in [0.29, 0.717) is 5.69 Å². The van der Waals surface area contributed by atoms with Crippen molar-refractivity contribution in [3.8, 4) is 5.69 Å². The Morgan fingerprint density at radius 1 is 1.21 bits per heavy atom. The van der Waals surface area contributed by atoms with Crippen molar-refractivity contribution in [3.05, 3.63) is 69.6 Å². The second-order valence-corrected chi connectivity index (χ2v) is 7.83. The van der Waals surface area contributed by atoms with E-state index in [1.54, 1.807) is 6.07 Å². The Hall–Kier alpha value is -3.22. The lowest BCUT2D eigenvalue weighted by Gasteiger charge is -2.17. The Kier molecular flexibility index (Phi) is 4.93. The molecule has 7 heteroatoms. The van der Waals surface area contributed by atoms with Gasteiger partial charge in [0.2, 0.25) is 0 Å². The summed E-state index contributed by atoms with van der Waals surface area (Å²) in [6.45, 7) is 11.1. The Bertz CT molecular complexity index is 1190. The summed E-state index contributed by atoms with van der Waals surface area (Å²) in [5.74, 6) is -0.0323. The first-order valence-corrected chi connectivity index (χ1v) is 9.07. The molecule has 0 aliphatic carbocycles. The minimum atomic E-state index is -0.554. The highest BCUT2D eigenvalue weighted by Gasteiger charge is 2.25. The lowest BCUT2D eigenvalue weighted by atomic mass is 9.91. The fourth-order valence-electron chi connectivity index (χ4n) is 3.01. The molecule has 0 atom stereocenters. The summed E-state index contributed by atoms with van der Waals surface area (Å²) >= 11 is 0. The predicted molar refractivity (Wildman–Crippen MR) is 109 cm³/mol. The lowest BCUT2D eigenvalue weighted by Crippen LogP contribution is -2.40. The summed E-state index contributed by atoms with van der Waals surface area (Å²) in [6, 6.07) is 7.39. The molecule has 0 spiro atoms. The molecule has 3 aromatic rings. The van der Waals surface area contributed by atoms with Gasteiger partial charge in [0.05, 0.1) is 18.6 Å². The van der Waals surface area contributed by atoms with Crippen LogP contribution < -0.4 is 11.2 Å². The number of carbonyl (C=O) groups is 1. The number of allylic oxidation sites excluding steroid dienone is 1. The number of imidazole rings is 1. The standard InChI is InChI=1S/C21H24N4O3/c1-6-11-24-19(27)17-18(22-13-23(17)12-16(26)21(3,4)5)25(20(24)28)15-10-8-7-9-14(15)2/h6-10,13H,1,11-12H2,2-5H3. The number of carbonyl (C=O) groups excluding carboxylic acids is 1. The topological polar surface area (TPSA) is 78.9 Å². The lowest BCUT2D eigenvalue weighted by molar-refractivity contribution is -0.126. The largest absolute Gasteiger partial charge is 0.337 e. The van der Waals surface area contributed by atoms with Gasteiger partial charge in [-0.15, -0.1) is 6.58 Å². The van der Waals surface area contributed by atoms with E-state index in [1.165, 1.54) is 21.5 Å². The maximum absolute atomic E-state index is 13.1. The minimum absolute atomic E-state index is 0.00923. The molecular formula is C21H24N4O3. The third-order valence-electron chi connectivity index (χ3n) is 4.72. The van der Waals surface area contributed by atoms with Crippen LogP contribution in [0.4, 0.5) is 0 Å². The third kappa shape index (κ3) is 3.24. The van der Waals surface area contributed by atoms with E-state index in [0.717, 1.165) is 10.1 Å². The fourth-order valence-corrected chi connectivity index (χ4v) is 3.01. The van der Waals surface area contributed by atoms with Crippen LogP contribution in [-0.4, -0.2) is 24.5 Å². The maximum Gasteiger partial charge on any atom is 0.337 e. The molecule has 0 bridgehead atoms. The summed E-state index contributed by atoms with van der Waals surface area (Å²) in [7, 11) is 0. The van der Waals surface area contributed by atoms with E-state index >= 15 is 0 Å². The molecule has 0 radical (unpaired) electrons. The van der Waals surface area contributed by atoms with Crippen LogP contribution in [0.3, 0.4) is 0 Å². The van der Waals surface area contributed by atoms with Gasteiger partial charge in [0.25, 0.3) is 5.56 Å². The Labute approximate surface area is 162 Å². The average molecular weight is 380 g/mol. The van der Waals surface area contributed by atoms with Crippen LogP contribution in [0, 0.1) is 12.3 Å². The molecule has 2 heterocycles. The van der Waals surface area contributed by atoms with E-state index in [2.05, 4.69) is 11.6 Å². The van der Waals surface area contributed by atoms with Crippen LogP contribution in [0.2, 0.25) is 0 Å². The van der Waals surface area contributed by atoms with Crippen molar-refractivity contribution < 1.29 is 4.79 Å². The zero-order valence-electron chi connectivity index (χ0n) is 16.6. The quantitative estimate of drug-likeness (QED) is 0.637. The number of rotatable bonds is 5. The summed E-state index contributed by atoms with van der Waals surface area (Å²) in [4.78, 5) is 43.0. The smallest absolute Gasteiger partial charge is 0.317 e. The Morgan fingerprint density at radius 3 is 2.50 bits per heavy atom. The number of fused-ring (bicyclic) bond motifs is 1. The summed E-state index contributed by atoms with van der Waals surface area (Å²) < 4.78 is 4.06. The normalized spacial score (nSPS) is 11.7. The summed E-state index contributed by atoms with van der Waals surface area (Å²) in [6.07, 6.45) is 2.94. The molecule has 0 saturated carbocycles. The second-order valence-electron chi connectivity index (χ2n) is 7.83. The number of aromatic nitrogens is 4. The van der Waals surface area contributed by atoms with Gasteiger partial charge in [0.15, 0.2) is 16.9 Å². The van der Waals surface area contributed by atoms with Crippen LogP contribution in [0.15, 0.2) is 52.8 Å². The Balaban J connectivity index is 2.38. The number of hydrogen-bond donors (Lipinski definition) is 0. The first-order chi connectivity index (χ1) is 13.2. The summed E-state index contributed by atoms with van der Waals surface area (Å²) in [5, 5.41) is 0. The molecule has 3 rings (SSSR count). The molecule has 28 heavy (non-hydrogen) atoms. The van der Waals surface area contributed by atoms with Crippen LogP contribution >= 0.6 is 0 Å². The van der Waals surface area contributed by atoms with E-state index in [9.17, 15) is 14.4 Å². The highest BCUT2D eigenvalue weighted by Crippen LogP contribution is 2.19. The number of ketones is 1. The monoisotopic (exact) mass is 380 g/mol. The Morgan fingerprint density at radius 2 is 1.89 bits per heavy atom. The summed E-state index contributed by atoms with van der Waals surface area (Å²) in [5.41, 5.74) is 0.454. The van der Waals surface area contributed by atoms with Crippen LogP contribution in [0.5, 0.6) is 0 Å². The van der Waals surface area contributed by atoms with Crippen molar-refractivity contribution >= 4 is 16.9 Å². The van der Waals surface area contributed by atoms with Gasteiger partial charge in [-0.05, 0) is 18.6 Å². The van der Waals surface area contributed by atoms with Gasteiger partial charge in [-0.3, -0.25) is 14.2 Å². The predicted octanol–water partition coefficient (Wildman–Crippen LogP) is 2.46. The minimum Gasteiger partial charge on any atom is -0.317 e. The van der Waals surface area contributed by atoms with E-state index in [4.69, 9.17) is 0 Å².